The smallest absolute Gasteiger partial charge is 0.306 e. The van der Waals surface area contributed by atoms with E-state index in [0.29, 0.717) is 12.8 Å². The Kier molecular flexibility index (Phi) is 42.5. The monoisotopic (exact) mass is 743 g/mol. The fraction of sp³-hybridized carbons (Fsp3) is 0.792. The second-order valence-electron chi connectivity index (χ2n) is 15.1. The molecule has 0 unspecified atom stereocenters. The predicted octanol–water partition coefficient (Wildman–Crippen LogP) is 14.6. The Morgan fingerprint density at radius 1 is 0.434 bits per heavy atom. The van der Waals surface area contributed by atoms with Gasteiger partial charge >= 0.3 is 11.9 Å². The highest BCUT2D eigenvalue weighted by molar-refractivity contribution is 5.70. The Balaban J connectivity index is 3.57. The molecule has 0 aliphatic heterocycles. The summed E-state index contributed by atoms with van der Waals surface area (Å²) in [6.07, 6.45) is 56.1. The molecule has 0 saturated heterocycles. The summed E-state index contributed by atoms with van der Waals surface area (Å²) in [4.78, 5) is 24.3. The minimum Gasteiger partial charge on any atom is -0.462 e. The molecule has 0 saturated carbocycles. The first kappa shape index (κ1) is 50.9. The van der Waals surface area contributed by atoms with E-state index in [1.165, 1.54) is 135 Å². The van der Waals surface area contributed by atoms with E-state index >= 15 is 0 Å². The van der Waals surface area contributed by atoms with Crippen LogP contribution in [0.3, 0.4) is 0 Å². The van der Waals surface area contributed by atoms with Gasteiger partial charge < -0.3 is 14.6 Å². The number of rotatable bonds is 41. The number of allylic oxidation sites excluding steroid dienone is 8. The van der Waals surface area contributed by atoms with Crippen LogP contribution < -0.4 is 0 Å². The third-order valence-electron chi connectivity index (χ3n) is 9.88. The maximum absolute atomic E-state index is 12.2. The summed E-state index contributed by atoms with van der Waals surface area (Å²) >= 11 is 0. The quantitative estimate of drug-likeness (QED) is 0.0384. The zero-order valence-corrected chi connectivity index (χ0v) is 35.0. The molecule has 0 spiro atoms. The third kappa shape index (κ3) is 42.5. The number of hydrogen-bond donors (Lipinski definition) is 1. The Morgan fingerprint density at radius 2 is 0.755 bits per heavy atom. The van der Waals surface area contributed by atoms with Crippen LogP contribution in [0.4, 0.5) is 0 Å². The van der Waals surface area contributed by atoms with Gasteiger partial charge in [-0.15, -0.1) is 0 Å². The summed E-state index contributed by atoms with van der Waals surface area (Å²) in [5.41, 5.74) is 0. The molecule has 0 aromatic heterocycles. The van der Waals surface area contributed by atoms with Gasteiger partial charge in [-0.1, -0.05) is 204 Å². The number of esters is 2. The fourth-order valence-electron chi connectivity index (χ4n) is 6.42. The molecule has 0 aliphatic carbocycles. The van der Waals surface area contributed by atoms with Crippen molar-refractivity contribution in [2.24, 2.45) is 0 Å². The highest BCUT2D eigenvalue weighted by Crippen LogP contribution is 2.15. The van der Waals surface area contributed by atoms with E-state index in [1.807, 2.05) is 0 Å². The highest BCUT2D eigenvalue weighted by atomic mass is 16.6. The van der Waals surface area contributed by atoms with Crippen molar-refractivity contribution in [2.45, 2.75) is 232 Å². The molecule has 0 aliphatic rings. The molecular weight excluding hydrogens is 657 g/mol. The molecule has 0 bridgehead atoms. The highest BCUT2D eigenvalue weighted by Gasteiger charge is 2.16. The van der Waals surface area contributed by atoms with Crippen molar-refractivity contribution in [2.75, 3.05) is 13.2 Å². The second kappa shape index (κ2) is 44.3. The van der Waals surface area contributed by atoms with Crippen molar-refractivity contribution in [3.63, 3.8) is 0 Å². The normalized spacial score (nSPS) is 12.6. The Labute approximate surface area is 328 Å². The molecule has 5 heteroatoms. The van der Waals surface area contributed by atoms with Crippen molar-refractivity contribution >= 4 is 11.9 Å². The predicted molar refractivity (Wildman–Crippen MR) is 228 cm³/mol. The summed E-state index contributed by atoms with van der Waals surface area (Å²) in [7, 11) is 0. The summed E-state index contributed by atoms with van der Waals surface area (Å²) in [5, 5.41) is 9.59. The molecular formula is C48H86O5. The van der Waals surface area contributed by atoms with E-state index in [0.717, 1.165) is 64.2 Å². The number of unbranched alkanes of at least 4 members (excludes halogenated alkanes) is 25. The fourth-order valence-corrected chi connectivity index (χ4v) is 6.42. The summed E-state index contributed by atoms with van der Waals surface area (Å²) in [5.74, 6) is -0.620. The number of carbonyl (C=O) groups is 2. The third-order valence-corrected chi connectivity index (χ3v) is 9.88. The van der Waals surface area contributed by atoms with Gasteiger partial charge in [-0.2, -0.15) is 0 Å². The van der Waals surface area contributed by atoms with Crippen LogP contribution >= 0.6 is 0 Å². The lowest BCUT2D eigenvalue weighted by Gasteiger charge is -2.15. The van der Waals surface area contributed by atoms with Crippen LogP contribution in [-0.4, -0.2) is 36.4 Å². The molecule has 1 N–H and O–H groups in total. The van der Waals surface area contributed by atoms with Gasteiger partial charge in [0.1, 0.15) is 6.61 Å². The Morgan fingerprint density at radius 3 is 1.17 bits per heavy atom. The average molecular weight is 743 g/mol. The molecule has 0 aromatic rings. The molecule has 53 heavy (non-hydrogen) atoms. The molecule has 0 rings (SSSR count). The average Bonchev–Trinajstić information content (AvgIpc) is 3.16. The van der Waals surface area contributed by atoms with E-state index in [9.17, 15) is 14.7 Å². The number of ether oxygens (including phenoxy) is 2. The molecule has 5 nitrogen and oxygen atoms in total. The molecule has 0 amide bonds. The zero-order chi connectivity index (χ0) is 38.6. The van der Waals surface area contributed by atoms with E-state index in [-0.39, 0.29) is 25.2 Å². The second-order valence-corrected chi connectivity index (χ2v) is 15.1. The van der Waals surface area contributed by atoms with Gasteiger partial charge in [0.25, 0.3) is 0 Å². The van der Waals surface area contributed by atoms with Crippen LogP contribution in [0.1, 0.15) is 226 Å². The molecule has 0 heterocycles. The van der Waals surface area contributed by atoms with Crippen LogP contribution in [0.5, 0.6) is 0 Å². The van der Waals surface area contributed by atoms with E-state index in [1.54, 1.807) is 0 Å². The Hall–Kier alpha value is -2.14. The molecule has 1 atom stereocenters. The molecule has 0 aromatic carbocycles. The molecule has 308 valence electrons. The number of aliphatic hydroxyl groups excluding tert-OH is 1. The minimum atomic E-state index is -0.783. The van der Waals surface area contributed by atoms with Gasteiger partial charge in [0.2, 0.25) is 0 Å². The maximum atomic E-state index is 12.2. The SMILES string of the molecule is CCCCC/C=C/C/C=C/C/C=C/C/C=C/CCCCCC(=O)OC[C@H](CO)OC(=O)CCCCCCCCCCCCCCCCCCCCCC. The van der Waals surface area contributed by atoms with Crippen molar-refractivity contribution < 1.29 is 24.2 Å². The number of hydrogen-bond acceptors (Lipinski definition) is 5. The van der Waals surface area contributed by atoms with Crippen LogP contribution in [0.25, 0.3) is 0 Å². The first-order chi connectivity index (χ1) is 26.1. The topological polar surface area (TPSA) is 72.8 Å². The van der Waals surface area contributed by atoms with Gasteiger partial charge in [-0.3, -0.25) is 9.59 Å². The van der Waals surface area contributed by atoms with E-state index < -0.39 is 6.10 Å². The van der Waals surface area contributed by atoms with Gasteiger partial charge in [0.05, 0.1) is 6.61 Å². The van der Waals surface area contributed by atoms with Crippen molar-refractivity contribution in [3.8, 4) is 0 Å². The lowest BCUT2D eigenvalue weighted by atomic mass is 10.0. The standard InChI is InChI=1S/C48H86O5/c1-3-5-7-9-11-13-15-17-19-21-23-25-27-29-31-33-35-37-39-41-43-48(51)53-46(44-49)45-52-47(50)42-40-38-36-34-32-30-28-26-24-22-20-18-16-14-12-10-8-6-4-2/h12,14,18,20,24,26,30,32,46,49H,3-11,13,15-17,19,21-23,25,27-29,31,33-45H2,1-2H3/b14-12+,20-18+,26-24+,32-30+/t46-/m0/s1. The zero-order valence-electron chi connectivity index (χ0n) is 35.0. The van der Waals surface area contributed by atoms with Gasteiger partial charge in [0.15, 0.2) is 6.10 Å². The molecule has 0 radical (unpaired) electrons. The lowest BCUT2D eigenvalue weighted by molar-refractivity contribution is -0.161. The van der Waals surface area contributed by atoms with E-state index in [4.69, 9.17) is 9.47 Å². The van der Waals surface area contributed by atoms with Crippen LogP contribution in [-0.2, 0) is 19.1 Å². The van der Waals surface area contributed by atoms with Crippen molar-refractivity contribution in [1.29, 1.82) is 0 Å². The van der Waals surface area contributed by atoms with Crippen molar-refractivity contribution in [3.05, 3.63) is 48.6 Å². The largest absolute Gasteiger partial charge is 0.462 e. The van der Waals surface area contributed by atoms with Gasteiger partial charge in [-0.05, 0) is 57.8 Å². The summed E-state index contributed by atoms with van der Waals surface area (Å²) < 4.78 is 10.6. The van der Waals surface area contributed by atoms with Crippen LogP contribution in [0, 0.1) is 0 Å². The first-order valence-corrected chi connectivity index (χ1v) is 22.7. The maximum Gasteiger partial charge on any atom is 0.306 e. The van der Waals surface area contributed by atoms with E-state index in [2.05, 4.69) is 62.5 Å². The summed E-state index contributed by atoms with van der Waals surface area (Å²) in [6, 6.07) is 0. The van der Waals surface area contributed by atoms with Crippen LogP contribution in [0.2, 0.25) is 0 Å². The number of carbonyl (C=O) groups excluding carboxylic acids is 2. The van der Waals surface area contributed by atoms with Gasteiger partial charge in [0, 0.05) is 12.8 Å². The van der Waals surface area contributed by atoms with Gasteiger partial charge in [-0.25, -0.2) is 0 Å². The number of aliphatic hydroxyl groups is 1. The van der Waals surface area contributed by atoms with Crippen LogP contribution in [0.15, 0.2) is 48.6 Å². The summed E-state index contributed by atoms with van der Waals surface area (Å²) in [6.45, 7) is 4.10. The van der Waals surface area contributed by atoms with Crippen molar-refractivity contribution in [1.82, 2.24) is 0 Å². The lowest BCUT2D eigenvalue weighted by Crippen LogP contribution is -2.28. The molecule has 0 fully saturated rings. The first-order valence-electron chi connectivity index (χ1n) is 22.7. The minimum absolute atomic E-state index is 0.0808. The Bertz CT molecular complexity index is 888.